The Balaban J connectivity index is 1.63. The van der Waals surface area contributed by atoms with Gasteiger partial charge in [-0.15, -0.1) is 0 Å². The molecule has 4 nitrogen and oxygen atoms in total. The number of aromatic nitrogens is 1. The highest BCUT2D eigenvalue weighted by molar-refractivity contribution is 6.04. The first-order valence-electron chi connectivity index (χ1n) is 10.3. The minimum Gasteiger partial charge on any atom is -0.349 e. The summed E-state index contributed by atoms with van der Waals surface area (Å²) in [7, 11) is 0. The van der Waals surface area contributed by atoms with Gasteiger partial charge in [-0.25, -0.2) is 0 Å². The van der Waals surface area contributed by atoms with Crippen LogP contribution in [0.3, 0.4) is 0 Å². The molecule has 0 saturated heterocycles. The number of rotatable bonds is 5. The van der Waals surface area contributed by atoms with E-state index in [9.17, 15) is 10.1 Å². The van der Waals surface area contributed by atoms with Crippen molar-refractivity contribution in [3.8, 4) is 6.07 Å². The summed E-state index contributed by atoms with van der Waals surface area (Å²) in [5.41, 5.74) is 3.36. The van der Waals surface area contributed by atoms with E-state index in [-0.39, 0.29) is 17.5 Å². The number of nitrogens with zero attached hydrogens (tertiary/aromatic N) is 2. The Hall–Kier alpha value is -3.32. The van der Waals surface area contributed by atoms with Crippen LogP contribution < -0.4 is 5.32 Å². The summed E-state index contributed by atoms with van der Waals surface area (Å²) >= 11 is 0. The molecule has 2 aromatic carbocycles. The van der Waals surface area contributed by atoms with Crippen molar-refractivity contribution in [2.24, 2.45) is 0 Å². The molecule has 0 bridgehead atoms. The predicted octanol–water partition coefficient (Wildman–Crippen LogP) is 5.05. The zero-order valence-electron chi connectivity index (χ0n) is 16.5. The number of benzene rings is 2. The molecule has 29 heavy (non-hydrogen) atoms. The molecule has 4 heteroatoms. The van der Waals surface area contributed by atoms with Gasteiger partial charge in [-0.05, 0) is 30.5 Å². The Kier molecular flexibility index (Phi) is 5.76. The fourth-order valence-electron chi connectivity index (χ4n) is 4.12. The molecule has 0 aliphatic heterocycles. The van der Waals surface area contributed by atoms with Crippen LogP contribution in [0.5, 0.6) is 0 Å². The van der Waals surface area contributed by atoms with E-state index >= 15 is 0 Å². The van der Waals surface area contributed by atoms with Crippen molar-refractivity contribution in [3.63, 3.8) is 0 Å². The van der Waals surface area contributed by atoms with Gasteiger partial charge in [0.25, 0.3) is 5.91 Å². The second-order valence-corrected chi connectivity index (χ2v) is 7.69. The SMILES string of the molecule is N#C/C(=C\c1cn(Cc2ccccc2)c2ccccc12)C(=O)NC1CCCCC1. The average molecular weight is 383 g/mol. The van der Waals surface area contributed by atoms with Crippen LogP contribution in [0.15, 0.2) is 66.4 Å². The number of amides is 1. The summed E-state index contributed by atoms with van der Waals surface area (Å²) in [5, 5.41) is 13.7. The molecule has 1 fully saturated rings. The van der Waals surface area contributed by atoms with E-state index in [1.807, 2.05) is 42.6 Å². The van der Waals surface area contributed by atoms with Crippen molar-refractivity contribution >= 4 is 22.9 Å². The summed E-state index contributed by atoms with van der Waals surface area (Å²) in [6.45, 7) is 0.741. The zero-order valence-corrected chi connectivity index (χ0v) is 16.5. The lowest BCUT2D eigenvalue weighted by Crippen LogP contribution is -2.36. The highest BCUT2D eigenvalue weighted by Gasteiger charge is 2.18. The van der Waals surface area contributed by atoms with E-state index in [1.54, 1.807) is 6.08 Å². The van der Waals surface area contributed by atoms with Crippen molar-refractivity contribution < 1.29 is 4.79 Å². The molecule has 1 heterocycles. The van der Waals surface area contributed by atoms with Gasteiger partial charge in [0.05, 0.1) is 0 Å². The minimum atomic E-state index is -0.265. The third-order valence-electron chi connectivity index (χ3n) is 5.62. The summed E-state index contributed by atoms with van der Waals surface area (Å²) in [5.74, 6) is -0.265. The highest BCUT2D eigenvalue weighted by atomic mass is 16.1. The molecule has 0 unspecified atom stereocenters. The van der Waals surface area contributed by atoms with Gasteiger partial charge in [-0.2, -0.15) is 5.26 Å². The van der Waals surface area contributed by atoms with Crippen molar-refractivity contribution in [3.05, 3.63) is 77.5 Å². The molecule has 1 saturated carbocycles. The number of para-hydroxylation sites is 1. The predicted molar refractivity (Wildman–Crippen MR) is 116 cm³/mol. The molecule has 0 radical (unpaired) electrons. The molecule has 0 spiro atoms. The first-order chi connectivity index (χ1) is 14.2. The van der Waals surface area contributed by atoms with Gasteiger partial charge in [0.1, 0.15) is 11.6 Å². The van der Waals surface area contributed by atoms with Crippen molar-refractivity contribution in [2.45, 2.75) is 44.7 Å². The third-order valence-corrected chi connectivity index (χ3v) is 5.62. The standard InChI is InChI=1S/C25H25N3O/c26-16-20(25(29)27-22-11-5-2-6-12-22)15-21-18-28(17-19-9-3-1-4-10-19)24-14-8-7-13-23(21)24/h1,3-4,7-10,13-15,18,22H,2,5-6,11-12,17H2,(H,27,29)/b20-15+. The van der Waals surface area contributed by atoms with Crippen LogP contribution in [0, 0.1) is 11.3 Å². The molecule has 0 atom stereocenters. The maximum atomic E-state index is 12.7. The highest BCUT2D eigenvalue weighted by Crippen LogP contribution is 2.25. The summed E-state index contributed by atoms with van der Waals surface area (Å²) in [4.78, 5) is 12.7. The molecule has 3 aromatic rings. The number of fused-ring (bicyclic) bond motifs is 1. The molecule has 146 valence electrons. The van der Waals surface area contributed by atoms with Crippen molar-refractivity contribution in [1.29, 1.82) is 5.26 Å². The monoisotopic (exact) mass is 383 g/mol. The van der Waals surface area contributed by atoms with Crippen LogP contribution in [-0.2, 0) is 11.3 Å². The molecule has 1 aliphatic rings. The second kappa shape index (κ2) is 8.79. The van der Waals surface area contributed by atoms with E-state index in [0.29, 0.717) is 0 Å². The first-order valence-corrected chi connectivity index (χ1v) is 10.3. The topological polar surface area (TPSA) is 57.8 Å². The molecule has 1 N–H and O–H groups in total. The van der Waals surface area contributed by atoms with Gasteiger partial charge < -0.3 is 9.88 Å². The van der Waals surface area contributed by atoms with E-state index in [1.165, 1.54) is 12.0 Å². The summed E-state index contributed by atoms with van der Waals surface area (Å²) < 4.78 is 2.17. The van der Waals surface area contributed by atoms with Gasteiger partial charge in [0, 0.05) is 35.2 Å². The number of carbonyl (C=O) groups is 1. The lowest BCUT2D eigenvalue weighted by atomic mass is 9.95. The summed E-state index contributed by atoms with van der Waals surface area (Å²) in [6.07, 6.45) is 9.27. The molecule has 1 aliphatic carbocycles. The zero-order chi connectivity index (χ0) is 20.1. The van der Waals surface area contributed by atoms with E-state index in [2.05, 4.69) is 34.2 Å². The number of hydrogen-bond acceptors (Lipinski definition) is 2. The molecular weight excluding hydrogens is 358 g/mol. The maximum Gasteiger partial charge on any atom is 0.262 e. The second-order valence-electron chi connectivity index (χ2n) is 7.69. The van der Waals surface area contributed by atoms with Crippen molar-refractivity contribution in [2.75, 3.05) is 0 Å². The molecular formula is C25H25N3O. The fourth-order valence-corrected chi connectivity index (χ4v) is 4.12. The van der Waals surface area contributed by atoms with Gasteiger partial charge in [0.2, 0.25) is 0 Å². The summed E-state index contributed by atoms with van der Waals surface area (Å²) in [6, 6.07) is 20.7. The Morgan fingerprint density at radius 3 is 2.55 bits per heavy atom. The normalized spacial score (nSPS) is 15.2. The third kappa shape index (κ3) is 4.41. The fraction of sp³-hybridized carbons (Fsp3) is 0.280. The van der Waals surface area contributed by atoms with E-state index < -0.39 is 0 Å². The quantitative estimate of drug-likeness (QED) is 0.495. The van der Waals surface area contributed by atoms with Crippen LogP contribution in [0.25, 0.3) is 17.0 Å². The Morgan fingerprint density at radius 2 is 1.79 bits per heavy atom. The van der Waals surface area contributed by atoms with Crippen molar-refractivity contribution in [1.82, 2.24) is 9.88 Å². The Bertz CT molecular complexity index is 1070. The molecule has 1 aromatic heterocycles. The lowest BCUT2D eigenvalue weighted by molar-refractivity contribution is -0.117. The van der Waals surface area contributed by atoms with Gasteiger partial charge in [-0.1, -0.05) is 67.8 Å². The number of nitriles is 1. The van der Waals surface area contributed by atoms with Crippen LogP contribution in [-0.4, -0.2) is 16.5 Å². The number of carbonyl (C=O) groups excluding carboxylic acids is 1. The Labute approximate surface area is 171 Å². The van der Waals surface area contributed by atoms with Crippen LogP contribution >= 0.6 is 0 Å². The average Bonchev–Trinajstić information content (AvgIpc) is 3.10. The largest absolute Gasteiger partial charge is 0.349 e. The van der Waals surface area contributed by atoms with E-state index in [4.69, 9.17) is 0 Å². The number of hydrogen-bond donors (Lipinski definition) is 1. The van der Waals surface area contributed by atoms with Gasteiger partial charge in [0.15, 0.2) is 0 Å². The number of nitrogens with one attached hydrogen (secondary N) is 1. The van der Waals surface area contributed by atoms with Crippen LogP contribution in [0.4, 0.5) is 0 Å². The van der Waals surface area contributed by atoms with Crippen LogP contribution in [0.1, 0.15) is 43.2 Å². The van der Waals surface area contributed by atoms with Gasteiger partial charge >= 0.3 is 0 Å². The van der Waals surface area contributed by atoms with E-state index in [0.717, 1.165) is 48.7 Å². The minimum absolute atomic E-state index is 0.165. The molecule has 4 rings (SSSR count). The smallest absolute Gasteiger partial charge is 0.262 e. The lowest BCUT2D eigenvalue weighted by Gasteiger charge is -2.22. The molecule has 1 amide bonds. The first kappa shape index (κ1) is 19.0. The van der Waals surface area contributed by atoms with Gasteiger partial charge in [-0.3, -0.25) is 4.79 Å². The maximum absolute atomic E-state index is 12.7. The Morgan fingerprint density at radius 1 is 1.07 bits per heavy atom. The van der Waals surface area contributed by atoms with Crippen LogP contribution in [0.2, 0.25) is 0 Å².